The monoisotopic (exact) mass is 303 g/mol. The van der Waals surface area contributed by atoms with Crippen LogP contribution in [0.3, 0.4) is 0 Å². The van der Waals surface area contributed by atoms with Crippen molar-refractivity contribution < 1.29 is 22.7 Å². The number of halogens is 5. The Bertz CT molecular complexity index is 396. The Hall–Kier alpha value is -0.820. The van der Waals surface area contributed by atoms with E-state index in [4.69, 9.17) is 11.6 Å². The van der Waals surface area contributed by atoms with Gasteiger partial charge in [0.15, 0.2) is 0 Å². The Balaban J connectivity index is 3.04. The molecule has 0 amide bonds. The van der Waals surface area contributed by atoms with E-state index >= 15 is 0 Å². The molecule has 15 heavy (non-hydrogen) atoms. The molecule has 1 aromatic heterocycles. The van der Waals surface area contributed by atoms with E-state index in [1.54, 1.807) is 0 Å². The topological polar surface area (TPSA) is 39.2 Å². The molecular weight excluding hydrogens is 302 g/mol. The van der Waals surface area contributed by atoms with E-state index in [9.17, 15) is 18.0 Å². The van der Waals surface area contributed by atoms with Gasteiger partial charge in [-0.2, -0.15) is 0 Å². The number of nitrogens with zero attached hydrogens (tertiary/aromatic N) is 1. The van der Waals surface area contributed by atoms with Gasteiger partial charge in [-0.3, -0.25) is 4.79 Å². The Kier molecular flexibility index (Phi) is 3.56. The number of pyridine rings is 1. The first-order valence-corrected chi connectivity index (χ1v) is 4.58. The molecule has 0 saturated heterocycles. The predicted octanol–water partition coefficient (Wildman–Crippen LogP) is 3.12. The molecule has 0 aliphatic heterocycles. The number of alkyl halides is 3. The molecule has 0 N–H and O–H groups in total. The van der Waals surface area contributed by atoms with E-state index in [1.807, 2.05) is 0 Å². The van der Waals surface area contributed by atoms with Gasteiger partial charge in [-0.05, 0) is 33.6 Å². The fourth-order valence-electron chi connectivity index (χ4n) is 0.757. The molecule has 0 saturated carbocycles. The number of carbonyl (C=O) groups excluding carboxylic acids is 1. The number of hydrogen-bond acceptors (Lipinski definition) is 3. The molecule has 0 bridgehead atoms. The fourth-order valence-corrected chi connectivity index (χ4v) is 1.29. The molecule has 3 nitrogen and oxygen atoms in total. The van der Waals surface area contributed by atoms with Crippen molar-refractivity contribution in [1.29, 1.82) is 0 Å². The first kappa shape index (κ1) is 12.3. The van der Waals surface area contributed by atoms with E-state index in [-0.39, 0.29) is 10.2 Å². The second-order valence-corrected chi connectivity index (χ2v) is 3.49. The van der Waals surface area contributed by atoms with Crippen LogP contribution in [0.25, 0.3) is 0 Å². The van der Waals surface area contributed by atoms with E-state index < -0.39 is 17.5 Å². The molecule has 82 valence electrons. The van der Waals surface area contributed by atoms with Crippen molar-refractivity contribution in [3.05, 3.63) is 22.3 Å². The van der Waals surface area contributed by atoms with Gasteiger partial charge < -0.3 is 4.74 Å². The minimum Gasteiger partial charge on any atom is -0.388 e. The maximum absolute atomic E-state index is 11.8. The zero-order valence-electron chi connectivity index (χ0n) is 6.81. The third kappa shape index (κ3) is 4.05. The van der Waals surface area contributed by atoms with Crippen LogP contribution in [0.4, 0.5) is 13.2 Å². The molecule has 1 rings (SSSR count). The lowest BCUT2D eigenvalue weighted by atomic mass is 10.3. The second kappa shape index (κ2) is 4.36. The van der Waals surface area contributed by atoms with Crippen LogP contribution >= 0.6 is 27.5 Å². The molecule has 8 heteroatoms. The highest BCUT2D eigenvalue weighted by Gasteiger charge is 2.32. The lowest BCUT2D eigenvalue weighted by Gasteiger charge is -2.08. The van der Waals surface area contributed by atoms with Crippen LogP contribution < -0.4 is 4.74 Å². The summed E-state index contributed by atoms with van der Waals surface area (Å²) in [5.41, 5.74) is -0.141. The van der Waals surface area contributed by atoms with E-state index in [2.05, 4.69) is 25.7 Å². The van der Waals surface area contributed by atoms with E-state index in [0.717, 1.165) is 6.07 Å². The van der Waals surface area contributed by atoms with Crippen molar-refractivity contribution in [3.63, 3.8) is 0 Å². The number of rotatable bonds is 2. The standard InChI is InChI=1S/C7H2BrClF3NO2/c8-4-1-3(6(9)14)2-5(13-4)15-7(10,11)12/h1-2H. The minimum absolute atomic E-state index is 0.0215. The summed E-state index contributed by atoms with van der Waals surface area (Å²) in [5, 5.41) is -0.898. The third-order valence-electron chi connectivity index (χ3n) is 1.22. The van der Waals surface area contributed by atoms with Gasteiger partial charge in [-0.1, -0.05) is 0 Å². The minimum atomic E-state index is -4.86. The first-order chi connectivity index (χ1) is 6.78. The van der Waals surface area contributed by atoms with E-state index in [1.165, 1.54) is 6.07 Å². The number of ether oxygens (including phenoxy) is 1. The SMILES string of the molecule is O=C(Cl)c1cc(Br)nc(OC(F)(F)F)c1. The average Bonchev–Trinajstić information content (AvgIpc) is 1.99. The van der Waals surface area contributed by atoms with Gasteiger partial charge in [-0.15, -0.1) is 13.2 Å². The van der Waals surface area contributed by atoms with Gasteiger partial charge in [0.2, 0.25) is 5.88 Å². The maximum Gasteiger partial charge on any atom is 0.574 e. The van der Waals surface area contributed by atoms with Crippen molar-refractivity contribution in [2.75, 3.05) is 0 Å². The highest BCUT2D eigenvalue weighted by atomic mass is 79.9. The summed E-state index contributed by atoms with van der Waals surface area (Å²) >= 11 is 7.91. The highest BCUT2D eigenvalue weighted by Crippen LogP contribution is 2.24. The molecule has 0 spiro atoms. The van der Waals surface area contributed by atoms with Gasteiger partial charge in [0, 0.05) is 11.6 Å². The van der Waals surface area contributed by atoms with Crippen LogP contribution in [0.5, 0.6) is 5.88 Å². The average molecular weight is 304 g/mol. The molecule has 0 unspecified atom stereocenters. The van der Waals surface area contributed by atoms with Crippen molar-refractivity contribution in [2.24, 2.45) is 0 Å². The zero-order valence-corrected chi connectivity index (χ0v) is 9.15. The van der Waals surface area contributed by atoms with E-state index in [0.29, 0.717) is 0 Å². The van der Waals surface area contributed by atoms with Crippen LogP contribution in [0.15, 0.2) is 16.7 Å². The Labute approximate surface area is 95.3 Å². The van der Waals surface area contributed by atoms with Crippen molar-refractivity contribution >= 4 is 32.8 Å². The van der Waals surface area contributed by atoms with Gasteiger partial charge in [0.1, 0.15) is 4.60 Å². The van der Waals surface area contributed by atoms with Crippen LogP contribution in [-0.2, 0) is 0 Å². The molecule has 0 radical (unpaired) electrons. The van der Waals surface area contributed by atoms with Crippen LogP contribution in [-0.4, -0.2) is 16.6 Å². The summed E-state index contributed by atoms with van der Waals surface area (Å²) in [6.07, 6.45) is -4.86. The van der Waals surface area contributed by atoms with Crippen LogP contribution in [0.2, 0.25) is 0 Å². The molecule has 0 aliphatic rings. The Morgan fingerprint density at radius 2 is 2.07 bits per heavy atom. The van der Waals surface area contributed by atoms with Gasteiger partial charge >= 0.3 is 6.36 Å². The number of aromatic nitrogens is 1. The number of carbonyl (C=O) groups is 1. The highest BCUT2D eigenvalue weighted by molar-refractivity contribution is 9.10. The normalized spacial score (nSPS) is 11.3. The summed E-state index contributed by atoms with van der Waals surface area (Å²) in [6.45, 7) is 0. The zero-order chi connectivity index (χ0) is 11.6. The second-order valence-electron chi connectivity index (χ2n) is 2.34. The summed E-state index contributed by atoms with van der Waals surface area (Å²) in [4.78, 5) is 14.1. The van der Waals surface area contributed by atoms with Gasteiger partial charge in [0.05, 0.1) is 0 Å². The lowest BCUT2D eigenvalue weighted by Crippen LogP contribution is -2.18. The summed E-state index contributed by atoms with van der Waals surface area (Å²) in [6, 6.07) is 1.98. The number of hydrogen-bond donors (Lipinski definition) is 0. The van der Waals surface area contributed by atoms with Gasteiger partial charge in [0.25, 0.3) is 5.24 Å². The Morgan fingerprint density at radius 3 is 2.53 bits per heavy atom. The predicted molar refractivity (Wildman–Crippen MR) is 48.8 cm³/mol. The van der Waals surface area contributed by atoms with Crippen molar-refractivity contribution in [1.82, 2.24) is 4.98 Å². The van der Waals surface area contributed by atoms with Crippen molar-refractivity contribution in [2.45, 2.75) is 6.36 Å². The Morgan fingerprint density at radius 1 is 1.47 bits per heavy atom. The molecule has 0 aliphatic carbocycles. The smallest absolute Gasteiger partial charge is 0.388 e. The maximum atomic E-state index is 11.8. The van der Waals surface area contributed by atoms with Crippen molar-refractivity contribution in [3.8, 4) is 5.88 Å². The fraction of sp³-hybridized carbons (Fsp3) is 0.143. The first-order valence-electron chi connectivity index (χ1n) is 3.41. The third-order valence-corrected chi connectivity index (χ3v) is 1.84. The lowest BCUT2D eigenvalue weighted by molar-refractivity contribution is -0.276. The quantitative estimate of drug-likeness (QED) is 0.622. The molecule has 1 aromatic rings. The summed E-state index contributed by atoms with van der Waals surface area (Å²) in [7, 11) is 0. The molecular formula is C7H2BrClF3NO2. The van der Waals surface area contributed by atoms with Crippen LogP contribution in [0.1, 0.15) is 10.4 Å². The van der Waals surface area contributed by atoms with Crippen LogP contribution in [0, 0.1) is 0 Å². The molecule has 0 aromatic carbocycles. The molecule has 0 atom stereocenters. The largest absolute Gasteiger partial charge is 0.574 e. The summed E-state index contributed by atoms with van der Waals surface area (Å²) < 4.78 is 39.0. The van der Waals surface area contributed by atoms with Gasteiger partial charge in [-0.25, -0.2) is 4.98 Å². The summed E-state index contributed by atoms with van der Waals surface area (Å²) in [5.74, 6) is -0.749. The molecule has 1 heterocycles. The molecule has 0 fully saturated rings.